The monoisotopic (exact) mass is 171 g/mol. The number of likely N-dealkylation sites (tertiary alicyclic amines) is 1. The summed E-state index contributed by atoms with van der Waals surface area (Å²) in [6, 6.07) is 0.661. The molecule has 1 aliphatic heterocycles. The van der Waals surface area contributed by atoms with E-state index in [1.165, 1.54) is 32.4 Å². The molecule has 0 bridgehead atoms. The maximum atomic E-state index is 5.49. The fourth-order valence-corrected chi connectivity index (χ4v) is 2.28. The molecule has 2 heteroatoms. The van der Waals surface area contributed by atoms with Crippen LogP contribution in [0.15, 0.2) is 0 Å². The summed E-state index contributed by atoms with van der Waals surface area (Å²) in [7, 11) is 1.84. The zero-order chi connectivity index (χ0) is 8.97. The molecule has 1 fully saturated rings. The first-order chi connectivity index (χ1) is 5.83. The van der Waals surface area contributed by atoms with E-state index in [2.05, 4.69) is 18.7 Å². The van der Waals surface area contributed by atoms with E-state index in [0.717, 1.165) is 0 Å². The van der Waals surface area contributed by atoms with Crippen LogP contribution in [0.3, 0.4) is 0 Å². The van der Waals surface area contributed by atoms with Gasteiger partial charge in [-0.05, 0) is 32.4 Å². The maximum Gasteiger partial charge on any atom is 0.0726 e. The summed E-state index contributed by atoms with van der Waals surface area (Å²) in [4.78, 5) is 2.54. The van der Waals surface area contributed by atoms with Crippen molar-refractivity contribution in [3.63, 3.8) is 0 Å². The lowest BCUT2D eigenvalue weighted by Crippen LogP contribution is -2.48. The minimum Gasteiger partial charge on any atom is -0.380 e. The van der Waals surface area contributed by atoms with Crippen molar-refractivity contribution in [2.24, 2.45) is 0 Å². The Kier molecular flexibility index (Phi) is 4.02. The minimum atomic E-state index is 0.476. The van der Waals surface area contributed by atoms with Gasteiger partial charge in [-0.15, -0.1) is 0 Å². The van der Waals surface area contributed by atoms with E-state index in [9.17, 15) is 0 Å². The van der Waals surface area contributed by atoms with Crippen LogP contribution in [0.25, 0.3) is 0 Å². The Bertz CT molecular complexity index is 115. The molecule has 0 amide bonds. The van der Waals surface area contributed by atoms with Crippen molar-refractivity contribution in [3.8, 4) is 0 Å². The van der Waals surface area contributed by atoms with Crippen LogP contribution in [0.4, 0.5) is 0 Å². The van der Waals surface area contributed by atoms with Crippen molar-refractivity contribution in [2.75, 3.05) is 20.2 Å². The smallest absolute Gasteiger partial charge is 0.0726 e. The summed E-state index contributed by atoms with van der Waals surface area (Å²) in [5.74, 6) is 0. The Morgan fingerprint density at radius 2 is 2.17 bits per heavy atom. The number of ether oxygens (including phenoxy) is 1. The summed E-state index contributed by atoms with van der Waals surface area (Å²) >= 11 is 0. The Labute approximate surface area is 75.9 Å². The summed E-state index contributed by atoms with van der Waals surface area (Å²) in [6.45, 7) is 6.92. The van der Waals surface area contributed by atoms with Crippen LogP contribution in [0.2, 0.25) is 0 Å². The second-order valence-electron chi connectivity index (χ2n) is 3.52. The number of rotatable bonds is 3. The molecular weight excluding hydrogens is 150 g/mol. The van der Waals surface area contributed by atoms with Crippen LogP contribution in [0.1, 0.15) is 33.1 Å². The van der Waals surface area contributed by atoms with Crippen LogP contribution >= 0.6 is 0 Å². The van der Waals surface area contributed by atoms with Crippen LogP contribution in [-0.4, -0.2) is 37.2 Å². The molecule has 1 saturated heterocycles. The van der Waals surface area contributed by atoms with Crippen molar-refractivity contribution in [3.05, 3.63) is 0 Å². The van der Waals surface area contributed by atoms with Gasteiger partial charge in [0.15, 0.2) is 0 Å². The van der Waals surface area contributed by atoms with E-state index in [4.69, 9.17) is 4.74 Å². The van der Waals surface area contributed by atoms with E-state index in [1.807, 2.05) is 7.11 Å². The first kappa shape index (κ1) is 10.0. The van der Waals surface area contributed by atoms with Gasteiger partial charge in [0, 0.05) is 13.2 Å². The topological polar surface area (TPSA) is 12.5 Å². The number of nitrogens with zero attached hydrogens (tertiary/aromatic N) is 1. The number of hydrogen-bond donors (Lipinski definition) is 0. The van der Waals surface area contributed by atoms with Crippen molar-refractivity contribution < 1.29 is 4.74 Å². The molecule has 2 atom stereocenters. The molecule has 0 aromatic carbocycles. The molecule has 0 unspecified atom stereocenters. The zero-order valence-corrected chi connectivity index (χ0v) is 8.55. The molecule has 0 spiro atoms. The molecule has 0 saturated carbocycles. The summed E-state index contributed by atoms with van der Waals surface area (Å²) in [5, 5.41) is 0. The quantitative estimate of drug-likeness (QED) is 0.643. The molecule has 12 heavy (non-hydrogen) atoms. The average Bonchev–Trinajstić information content (AvgIpc) is 2.16. The van der Waals surface area contributed by atoms with Crippen LogP contribution in [0, 0.1) is 0 Å². The van der Waals surface area contributed by atoms with Gasteiger partial charge in [0.2, 0.25) is 0 Å². The molecule has 72 valence electrons. The SMILES string of the molecule is CC[C@@H]1[C@H](OC)CCCN1CC. The van der Waals surface area contributed by atoms with Gasteiger partial charge >= 0.3 is 0 Å². The molecule has 0 aromatic heterocycles. The highest BCUT2D eigenvalue weighted by Crippen LogP contribution is 2.21. The Hall–Kier alpha value is -0.0800. The van der Waals surface area contributed by atoms with Crippen LogP contribution in [-0.2, 0) is 4.74 Å². The third-order valence-corrected chi connectivity index (χ3v) is 2.96. The second kappa shape index (κ2) is 4.83. The van der Waals surface area contributed by atoms with Gasteiger partial charge in [0.25, 0.3) is 0 Å². The van der Waals surface area contributed by atoms with Gasteiger partial charge in [-0.2, -0.15) is 0 Å². The van der Waals surface area contributed by atoms with Gasteiger partial charge in [0.05, 0.1) is 6.10 Å². The number of piperidine rings is 1. The number of likely N-dealkylation sites (N-methyl/N-ethyl adjacent to an activating group) is 1. The largest absolute Gasteiger partial charge is 0.380 e. The molecule has 2 nitrogen and oxygen atoms in total. The van der Waals surface area contributed by atoms with Gasteiger partial charge < -0.3 is 4.74 Å². The highest BCUT2D eigenvalue weighted by Gasteiger charge is 2.28. The number of methoxy groups -OCH3 is 1. The molecule has 1 rings (SSSR count). The van der Waals surface area contributed by atoms with Gasteiger partial charge in [-0.3, -0.25) is 4.90 Å². The normalized spacial score (nSPS) is 32.2. The molecule has 1 aliphatic rings. The lowest BCUT2D eigenvalue weighted by molar-refractivity contribution is -0.0177. The first-order valence-corrected chi connectivity index (χ1v) is 5.10. The van der Waals surface area contributed by atoms with E-state index >= 15 is 0 Å². The molecule has 0 aromatic rings. The summed E-state index contributed by atoms with van der Waals surface area (Å²) in [6.07, 6.45) is 4.23. The molecule has 0 radical (unpaired) electrons. The molecular formula is C10H21NO. The second-order valence-corrected chi connectivity index (χ2v) is 3.52. The molecule has 1 heterocycles. The molecule has 0 aliphatic carbocycles. The third-order valence-electron chi connectivity index (χ3n) is 2.96. The Morgan fingerprint density at radius 1 is 1.42 bits per heavy atom. The third kappa shape index (κ3) is 1.99. The average molecular weight is 171 g/mol. The van der Waals surface area contributed by atoms with Gasteiger partial charge in [0.1, 0.15) is 0 Å². The van der Waals surface area contributed by atoms with Gasteiger partial charge in [-0.25, -0.2) is 0 Å². The van der Waals surface area contributed by atoms with Crippen molar-refractivity contribution in [1.82, 2.24) is 4.90 Å². The Balaban J connectivity index is 2.52. The summed E-state index contributed by atoms with van der Waals surface area (Å²) < 4.78 is 5.49. The highest BCUT2D eigenvalue weighted by molar-refractivity contribution is 4.83. The van der Waals surface area contributed by atoms with E-state index in [-0.39, 0.29) is 0 Å². The predicted octanol–water partition coefficient (Wildman–Crippen LogP) is 1.90. The van der Waals surface area contributed by atoms with Gasteiger partial charge in [-0.1, -0.05) is 13.8 Å². The van der Waals surface area contributed by atoms with E-state index in [0.29, 0.717) is 12.1 Å². The number of hydrogen-bond acceptors (Lipinski definition) is 2. The fraction of sp³-hybridized carbons (Fsp3) is 1.00. The lowest BCUT2D eigenvalue weighted by atomic mass is 9.97. The fourth-order valence-electron chi connectivity index (χ4n) is 2.28. The Morgan fingerprint density at radius 3 is 2.67 bits per heavy atom. The highest BCUT2D eigenvalue weighted by atomic mass is 16.5. The maximum absolute atomic E-state index is 5.49. The summed E-state index contributed by atoms with van der Waals surface area (Å²) in [5.41, 5.74) is 0. The predicted molar refractivity (Wildman–Crippen MR) is 51.4 cm³/mol. The standard InChI is InChI=1S/C10H21NO/c1-4-9-10(12-3)7-6-8-11(9)5-2/h9-10H,4-8H2,1-3H3/t9-,10-/m1/s1. The van der Waals surface area contributed by atoms with Crippen LogP contribution in [0.5, 0.6) is 0 Å². The van der Waals surface area contributed by atoms with Crippen molar-refractivity contribution >= 4 is 0 Å². The van der Waals surface area contributed by atoms with Crippen LogP contribution < -0.4 is 0 Å². The molecule has 0 N–H and O–H groups in total. The lowest BCUT2D eigenvalue weighted by Gasteiger charge is -2.39. The van der Waals surface area contributed by atoms with E-state index < -0.39 is 0 Å². The first-order valence-electron chi connectivity index (χ1n) is 5.10. The van der Waals surface area contributed by atoms with E-state index in [1.54, 1.807) is 0 Å². The zero-order valence-electron chi connectivity index (χ0n) is 8.55. The minimum absolute atomic E-state index is 0.476. The van der Waals surface area contributed by atoms with Crippen molar-refractivity contribution in [1.29, 1.82) is 0 Å². The van der Waals surface area contributed by atoms with Crippen molar-refractivity contribution in [2.45, 2.75) is 45.3 Å².